The molecule has 0 radical (unpaired) electrons. The molecule has 2 N–H and O–H groups in total. The van der Waals surface area contributed by atoms with Gasteiger partial charge < -0.3 is 14.8 Å². The first-order chi connectivity index (χ1) is 5.00. The van der Waals surface area contributed by atoms with Crippen molar-refractivity contribution in [3.05, 3.63) is 12.5 Å². The molecule has 2 aliphatic rings. The SMILES string of the molecule is C1=COCN1.C1COCN1. The van der Waals surface area contributed by atoms with Crippen molar-refractivity contribution in [1.29, 1.82) is 0 Å². The quantitative estimate of drug-likeness (QED) is 0.485. The van der Waals surface area contributed by atoms with Gasteiger partial charge in [0.2, 0.25) is 0 Å². The zero-order chi connectivity index (χ0) is 7.07. The van der Waals surface area contributed by atoms with Crippen LogP contribution in [0.4, 0.5) is 0 Å². The van der Waals surface area contributed by atoms with Crippen LogP contribution in [0.15, 0.2) is 12.5 Å². The van der Waals surface area contributed by atoms with Gasteiger partial charge in [-0.2, -0.15) is 0 Å². The summed E-state index contributed by atoms with van der Waals surface area (Å²) in [5, 5.41) is 5.82. The Bertz CT molecular complexity index is 88.3. The molecule has 0 aromatic heterocycles. The smallest absolute Gasteiger partial charge is 0.157 e. The molecule has 0 amide bonds. The van der Waals surface area contributed by atoms with E-state index in [0.29, 0.717) is 6.73 Å². The van der Waals surface area contributed by atoms with Gasteiger partial charge in [0.05, 0.1) is 13.3 Å². The Hall–Kier alpha value is -0.740. The highest BCUT2D eigenvalue weighted by molar-refractivity contribution is 4.73. The van der Waals surface area contributed by atoms with Crippen LogP contribution in [0.3, 0.4) is 0 Å². The van der Waals surface area contributed by atoms with Gasteiger partial charge in [0.25, 0.3) is 0 Å². The van der Waals surface area contributed by atoms with E-state index in [1.54, 1.807) is 12.5 Å². The molecule has 4 nitrogen and oxygen atoms in total. The molecule has 1 fully saturated rings. The first kappa shape index (κ1) is 7.37. The molecule has 0 aromatic carbocycles. The zero-order valence-electron chi connectivity index (χ0n) is 5.80. The molecule has 10 heavy (non-hydrogen) atoms. The highest BCUT2D eigenvalue weighted by Crippen LogP contribution is 1.78. The first-order valence-electron chi connectivity index (χ1n) is 3.28. The van der Waals surface area contributed by atoms with E-state index in [9.17, 15) is 0 Å². The van der Waals surface area contributed by atoms with Gasteiger partial charge in [-0.15, -0.1) is 0 Å². The van der Waals surface area contributed by atoms with Crippen LogP contribution in [-0.2, 0) is 9.47 Å². The highest BCUT2D eigenvalue weighted by atomic mass is 16.5. The molecular weight excluding hydrogens is 132 g/mol. The van der Waals surface area contributed by atoms with Crippen LogP contribution < -0.4 is 10.6 Å². The van der Waals surface area contributed by atoms with Crippen LogP contribution in [0.5, 0.6) is 0 Å². The second-order valence-electron chi connectivity index (χ2n) is 1.87. The third-order valence-corrected chi connectivity index (χ3v) is 1.08. The van der Waals surface area contributed by atoms with E-state index in [0.717, 1.165) is 19.9 Å². The maximum atomic E-state index is 4.83. The molecule has 0 bridgehead atoms. The Morgan fingerprint density at radius 2 is 2.30 bits per heavy atom. The van der Waals surface area contributed by atoms with Crippen LogP contribution in [0, 0.1) is 0 Å². The van der Waals surface area contributed by atoms with Gasteiger partial charge in [-0.3, -0.25) is 5.32 Å². The van der Waals surface area contributed by atoms with Gasteiger partial charge in [0.1, 0.15) is 6.26 Å². The molecular formula is C6H12N2O2. The van der Waals surface area contributed by atoms with Crippen LogP contribution >= 0.6 is 0 Å². The van der Waals surface area contributed by atoms with Crippen molar-refractivity contribution in [1.82, 2.24) is 10.6 Å². The summed E-state index contributed by atoms with van der Waals surface area (Å²) in [6, 6.07) is 0. The van der Waals surface area contributed by atoms with Crippen LogP contribution in [0.25, 0.3) is 0 Å². The number of rotatable bonds is 0. The molecule has 2 heterocycles. The second kappa shape index (κ2) is 5.08. The van der Waals surface area contributed by atoms with Crippen molar-refractivity contribution >= 4 is 0 Å². The fourth-order valence-corrected chi connectivity index (χ4v) is 0.601. The van der Waals surface area contributed by atoms with Gasteiger partial charge in [0.15, 0.2) is 6.73 Å². The molecule has 0 aliphatic carbocycles. The van der Waals surface area contributed by atoms with Crippen LogP contribution in [0.2, 0.25) is 0 Å². The topological polar surface area (TPSA) is 42.5 Å². The van der Waals surface area contributed by atoms with E-state index >= 15 is 0 Å². The summed E-state index contributed by atoms with van der Waals surface area (Å²) in [5.41, 5.74) is 0. The van der Waals surface area contributed by atoms with E-state index in [-0.39, 0.29) is 0 Å². The number of nitrogens with one attached hydrogen (secondary N) is 2. The number of ether oxygens (including phenoxy) is 2. The lowest BCUT2D eigenvalue weighted by Gasteiger charge is -1.82. The van der Waals surface area contributed by atoms with Crippen molar-refractivity contribution in [2.75, 3.05) is 26.6 Å². The molecule has 1 saturated heterocycles. The summed E-state index contributed by atoms with van der Waals surface area (Å²) >= 11 is 0. The molecule has 2 aliphatic heterocycles. The lowest BCUT2D eigenvalue weighted by molar-refractivity contribution is 0.194. The van der Waals surface area contributed by atoms with E-state index in [2.05, 4.69) is 15.4 Å². The minimum Gasteiger partial charge on any atom is -0.479 e. The van der Waals surface area contributed by atoms with E-state index in [1.165, 1.54) is 0 Å². The van der Waals surface area contributed by atoms with Crippen molar-refractivity contribution in [2.24, 2.45) is 0 Å². The maximum Gasteiger partial charge on any atom is 0.157 e. The normalized spacial score (nSPS) is 20.8. The third kappa shape index (κ3) is 3.32. The van der Waals surface area contributed by atoms with Crippen molar-refractivity contribution in [2.45, 2.75) is 0 Å². The molecule has 0 unspecified atom stereocenters. The summed E-state index contributed by atoms with van der Waals surface area (Å²) in [4.78, 5) is 0. The monoisotopic (exact) mass is 144 g/mol. The molecule has 0 atom stereocenters. The fourth-order valence-electron chi connectivity index (χ4n) is 0.601. The van der Waals surface area contributed by atoms with Gasteiger partial charge in [-0.1, -0.05) is 0 Å². The second-order valence-corrected chi connectivity index (χ2v) is 1.87. The fraction of sp³-hybridized carbons (Fsp3) is 0.667. The first-order valence-corrected chi connectivity index (χ1v) is 3.28. The molecule has 0 spiro atoms. The molecule has 58 valence electrons. The molecule has 4 heteroatoms. The molecule has 0 saturated carbocycles. The van der Waals surface area contributed by atoms with Gasteiger partial charge >= 0.3 is 0 Å². The Morgan fingerprint density at radius 3 is 2.50 bits per heavy atom. The Morgan fingerprint density at radius 1 is 1.30 bits per heavy atom. The number of hydrogen-bond donors (Lipinski definition) is 2. The average molecular weight is 144 g/mol. The Labute approximate surface area is 60.2 Å². The largest absolute Gasteiger partial charge is 0.479 e. The van der Waals surface area contributed by atoms with Gasteiger partial charge in [0, 0.05) is 12.7 Å². The van der Waals surface area contributed by atoms with Crippen LogP contribution in [0.1, 0.15) is 0 Å². The summed E-state index contributed by atoms with van der Waals surface area (Å²) in [7, 11) is 0. The van der Waals surface area contributed by atoms with Crippen molar-refractivity contribution in [3.8, 4) is 0 Å². The summed E-state index contributed by atoms with van der Waals surface area (Å²) in [5.74, 6) is 0. The minimum atomic E-state index is 0.639. The lowest BCUT2D eigenvalue weighted by atomic mass is 10.7. The summed E-state index contributed by atoms with van der Waals surface area (Å²) < 4.78 is 9.49. The lowest BCUT2D eigenvalue weighted by Crippen LogP contribution is -2.05. The van der Waals surface area contributed by atoms with E-state index in [1.807, 2.05) is 0 Å². The predicted molar refractivity (Wildman–Crippen MR) is 37.0 cm³/mol. The minimum absolute atomic E-state index is 0.639. The van der Waals surface area contributed by atoms with E-state index < -0.39 is 0 Å². The number of hydrogen-bond acceptors (Lipinski definition) is 4. The van der Waals surface area contributed by atoms with Crippen molar-refractivity contribution in [3.63, 3.8) is 0 Å². The third-order valence-electron chi connectivity index (χ3n) is 1.08. The highest BCUT2D eigenvalue weighted by Gasteiger charge is 1.92. The maximum absolute atomic E-state index is 4.83. The molecule has 2 rings (SSSR count). The zero-order valence-corrected chi connectivity index (χ0v) is 5.80. The summed E-state index contributed by atoms with van der Waals surface area (Å²) in [6.45, 7) is 3.31. The average Bonchev–Trinajstić information content (AvgIpc) is 2.67. The molecule has 0 aromatic rings. The van der Waals surface area contributed by atoms with Crippen LogP contribution in [-0.4, -0.2) is 26.6 Å². The summed E-state index contributed by atoms with van der Waals surface area (Å²) in [6.07, 6.45) is 3.39. The van der Waals surface area contributed by atoms with Crippen molar-refractivity contribution < 1.29 is 9.47 Å². The predicted octanol–water partition coefficient (Wildman–Crippen LogP) is -0.401. The van der Waals surface area contributed by atoms with Gasteiger partial charge in [-0.25, -0.2) is 0 Å². The standard InChI is InChI=1S/C3H7NO.C3H5NO/c2*1-2-5-3-4-1/h4H,1-3H2;1-2,4H,3H2. The Balaban J connectivity index is 0.0000001000. The Kier molecular flexibility index (Phi) is 3.74. The van der Waals surface area contributed by atoms with E-state index in [4.69, 9.17) is 4.74 Å². The van der Waals surface area contributed by atoms with Gasteiger partial charge in [-0.05, 0) is 0 Å².